The Hall–Kier alpha value is -3.62. The summed E-state index contributed by atoms with van der Waals surface area (Å²) in [5.41, 5.74) is 6.39. The first-order valence-corrected chi connectivity index (χ1v) is 30.4. The number of benzene rings is 4. The van der Waals surface area contributed by atoms with Crippen LogP contribution in [-0.2, 0) is 27.9 Å². The molecule has 0 aliphatic heterocycles. The van der Waals surface area contributed by atoms with Crippen LogP contribution < -0.4 is 8.85 Å². The number of hydrogen-bond donors (Lipinski definition) is 2. The molecule has 0 aliphatic rings. The van der Waals surface area contributed by atoms with Crippen LogP contribution in [0.2, 0.25) is 33.2 Å². The second-order valence-electron chi connectivity index (χ2n) is 22.4. The Morgan fingerprint density at radius 2 is 0.714 bits per heavy atom. The van der Waals surface area contributed by atoms with Gasteiger partial charge in [0.15, 0.2) is 0 Å². The van der Waals surface area contributed by atoms with Crippen LogP contribution in [-0.4, -0.2) is 39.3 Å². The Morgan fingerprint density at radius 1 is 0.471 bits per heavy atom. The molecule has 0 bridgehead atoms. The summed E-state index contributed by atoms with van der Waals surface area (Å²) in [5, 5.41) is 24.0. The molecule has 0 spiro atoms. The second kappa shape index (κ2) is 22.7. The molecule has 70 heavy (non-hydrogen) atoms. The normalized spacial score (nSPS) is 15.1. The molecule has 0 heterocycles. The van der Waals surface area contributed by atoms with Crippen LogP contribution in [0.4, 0.5) is 25.2 Å². The summed E-state index contributed by atoms with van der Waals surface area (Å²) < 4.78 is 73.7. The van der Waals surface area contributed by atoms with E-state index in [1.165, 1.54) is 0 Å². The first kappa shape index (κ1) is 62.5. The zero-order valence-corrected chi connectivity index (χ0v) is 48.6. The van der Waals surface area contributed by atoms with Gasteiger partial charge in [0.25, 0.3) is 16.6 Å². The predicted octanol–water partition coefficient (Wildman–Crippen LogP) is 19.2. The van der Waals surface area contributed by atoms with Crippen molar-refractivity contribution in [2.24, 2.45) is 9.98 Å². The number of aromatic hydroxyl groups is 2. The molecule has 0 aromatic heterocycles. The Labute approximate surface area is 428 Å². The molecule has 0 aliphatic carbocycles. The van der Waals surface area contributed by atoms with E-state index in [-0.39, 0.29) is 39.4 Å². The molecule has 6 nitrogen and oxygen atoms in total. The largest absolute Gasteiger partial charge is 0 e. The number of rotatable bonds is 17. The number of aliphatic imine (C=N–C) groups is 2. The van der Waals surface area contributed by atoms with Crippen molar-refractivity contribution in [3.63, 3.8) is 0 Å². The molecule has 4 aromatic rings. The summed E-state index contributed by atoms with van der Waals surface area (Å²) in [6.45, 7) is 40.2. The number of phenolic OH excluding ortho intramolecular Hbond substituents is 2. The molecule has 4 rings (SSSR count). The molecule has 0 saturated carbocycles. The Kier molecular flexibility index (Phi) is 20.2. The molecule has 0 unspecified atom stereocenters. The van der Waals surface area contributed by atoms with Crippen molar-refractivity contribution in [1.29, 1.82) is 0 Å². The van der Waals surface area contributed by atoms with E-state index in [0.717, 1.165) is 33.8 Å². The molecule has 0 saturated heterocycles. The van der Waals surface area contributed by atoms with E-state index < -0.39 is 36.5 Å². The van der Waals surface area contributed by atoms with Crippen molar-refractivity contribution < 1.29 is 61.3 Å². The first-order valence-electron chi connectivity index (χ1n) is 24.1. The average Bonchev–Trinajstić information content (AvgIpc) is 3.19. The van der Waals surface area contributed by atoms with E-state index in [4.69, 9.17) is 18.8 Å². The van der Waals surface area contributed by atoms with Crippen molar-refractivity contribution in [2.75, 3.05) is 0 Å². The number of phenols is 2. The minimum absolute atomic E-state index is 0. The minimum Gasteiger partial charge on any atom is 0 e. The van der Waals surface area contributed by atoms with Crippen molar-refractivity contribution in [2.45, 2.75) is 181 Å². The summed E-state index contributed by atoms with van der Waals surface area (Å²) in [6.07, 6.45) is 3.61. The van der Waals surface area contributed by atoms with Gasteiger partial charge in [0.1, 0.15) is 35.1 Å². The molecule has 4 aromatic carbocycles. The van der Waals surface area contributed by atoms with Crippen molar-refractivity contribution in [1.82, 2.24) is 0 Å². The topological polar surface area (TPSA) is 83.6 Å². The third-order valence-corrected chi connectivity index (χ3v) is 25.2. The SMILES string of the molecule is CC(C)[Si](Oc1cc(C=N[C@@H](c2ccccc2)[C@@H](N=Cc2cc(O[Si](C(C)C)(C(C)C)C(C)C)cc(C(C)(C)C)c2O)c2ccccc2)c(O)c(C(C)(C)C)c1)(C(C)C)C(C)C.F[P-](F)(F)(F)(F)F.[Mn]. The van der Waals surface area contributed by atoms with Gasteiger partial charge in [-0.1, -0.05) is 185 Å². The van der Waals surface area contributed by atoms with Gasteiger partial charge in [-0.15, -0.1) is 0 Å². The maximum Gasteiger partial charge on any atom is 0 e. The fourth-order valence-electron chi connectivity index (χ4n) is 10.2. The van der Waals surface area contributed by atoms with Crippen LogP contribution in [0.5, 0.6) is 23.0 Å². The fourth-order valence-corrected chi connectivity index (χ4v) is 20.6. The Morgan fingerprint density at radius 3 is 0.929 bits per heavy atom. The van der Waals surface area contributed by atoms with Gasteiger partial charge in [0.05, 0.1) is 0 Å². The zero-order valence-electron chi connectivity index (χ0n) is 44.6. The molecule has 2 atom stereocenters. The molecule has 393 valence electrons. The summed E-state index contributed by atoms with van der Waals surface area (Å²) in [4.78, 5) is 10.7. The predicted molar refractivity (Wildman–Crippen MR) is 284 cm³/mol. The van der Waals surface area contributed by atoms with Crippen LogP contribution in [0.3, 0.4) is 0 Å². The number of nitrogens with zero attached hydrogens (tertiary/aromatic N) is 2. The summed E-state index contributed by atoms with van der Waals surface area (Å²) in [7, 11) is -15.3. The van der Waals surface area contributed by atoms with Gasteiger partial charge in [0.2, 0.25) is 0 Å². The average molecular weight is 1080 g/mol. The first-order chi connectivity index (χ1) is 31.2. The van der Waals surface area contributed by atoms with Crippen molar-refractivity contribution >= 4 is 36.9 Å². The van der Waals surface area contributed by atoms with E-state index in [0.29, 0.717) is 44.4 Å². The van der Waals surface area contributed by atoms with Crippen molar-refractivity contribution in [3.05, 3.63) is 118 Å². The number of hydrogen-bond acceptors (Lipinski definition) is 6. The smallest absolute Gasteiger partial charge is 0 e. The van der Waals surface area contributed by atoms with Crippen LogP contribution in [0, 0.1) is 0 Å². The fraction of sp³-hybridized carbons (Fsp3) is 0.519. The molecule has 0 fully saturated rings. The molecule has 16 heteroatoms. The van der Waals surface area contributed by atoms with E-state index >= 15 is 0 Å². The van der Waals surface area contributed by atoms with Crippen LogP contribution in [0.15, 0.2) is 94.9 Å². The van der Waals surface area contributed by atoms with Gasteiger partial charge >= 0.3 is 33.0 Å². The van der Waals surface area contributed by atoms with Gasteiger partial charge in [-0.05, 0) is 79.5 Å². The van der Waals surface area contributed by atoms with E-state index in [1.807, 2.05) is 73.1 Å². The summed E-state index contributed by atoms with van der Waals surface area (Å²) in [6, 6.07) is 27.5. The van der Waals surface area contributed by atoms with E-state index in [1.54, 1.807) is 0 Å². The quantitative estimate of drug-likeness (QED) is 0.0478. The molecule has 2 N–H and O–H groups in total. The van der Waals surface area contributed by atoms with Crippen LogP contribution in [0.1, 0.15) is 170 Å². The third kappa shape index (κ3) is 16.7. The molecular weight excluding hydrogens is 997 g/mol. The van der Waals surface area contributed by atoms with E-state index in [2.05, 4.69) is 149 Å². The summed E-state index contributed by atoms with van der Waals surface area (Å²) >= 11 is 0. The van der Waals surface area contributed by atoms with Crippen LogP contribution in [0.25, 0.3) is 0 Å². The molecule has 1 radical (unpaired) electrons. The number of halogens is 6. The molecule has 0 amide bonds. The standard InChI is InChI=1S/C54H80N2O4Si2.F6P.Mn/c1-35(2)61(36(3)4,37(5)6)59-45-29-43(51(57)47(31-45)53(13,14)15)33-55-49(41-25-21-19-22-26-41)50(42-27-23-20-24-28-42)56-34-44-30-46(32-48(52(44)58)54(16,17)18)60-62(38(7)8,39(9)10)40(11)12;1-7(2,3,4,5)6;/h19-40,49-50,57-58H,1-18H3;;/q;-1;/t49-,50-;;/m0../s1. The van der Waals surface area contributed by atoms with Gasteiger partial charge in [-0.2, -0.15) is 0 Å². The zero-order chi connectivity index (χ0) is 52.9. The maximum atomic E-state index is 12.0. The molecular formula is C54H80F6MnN2O4PSi2-. The van der Waals surface area contributed by atoms with E-state index in [9.17, 15) is 35.4 Å². The third-order valence-electron chi connectivity index (χ3n) is 13.2. The summed E-state index contributed by atoms with van der Waals surface area (Å²) in [5.74, 6) is 1.95. The van der Waals surface area contributed by atoms with Gasteiger partial charge in [-0.3, -0.25) is 9.98 Å². The second-order valence-corrected chi connectivity index (χ2v) is 35.0. The van der Waals surface area contributed by atoms with Gasteiger partial charge in [0, 0.05) is 51.8 Å². The Balaban J connectivity index is 0.00000195. The van der Waals surface area contributed by atoms with Crippen molar-refractivity contribution in [3.8, 4) is 23.0 Å². The van der Waals surface area contributed by atoms with Crippen LogP contribution >= 0.6 is 7.81 Å². The Bertz CT molecular complexity index is 2180. The monoisotopic (exact) mass is 1080 g/mol. The van der Waals surface area contributed by atoms with Gasteiger partial charge in [-0.25, -0.2) is 0 Å². The van der Waals surface area contributed by atoms with Gasteiger partial charge < -0.3 is 19.1 Å². The minimum atomic E-state index is -10.7. The maximum absolute atomic E-state index is 12.0.